The lowest BCUT2D eigenvalue weighted by atomic mass is 9.89. The Kier molecular flexibility index (Phi) is 6.95. The second-order valence-electron chi connectivity index (χ2n) is 11.6. The Hall–Kier alpha value is -4.50. The number of fused-ring (bicyclic) bond motifs is 1. The zero-order valence-corrected chi connectivity index (χ0v) is 24.2. The maximum absolute atomic E-state index is 14.1. The van der Waals surface area contributed by atoms with Crippen molar-refractivity contribution in [2.45, 2.75) is 44.6 Å². The van der Waals surface area contributed by atoms with Gasteiger partial charge in [-0.15, -0.1) is 0 Å². The molecule has 7 rings (SSSR count). The Balaban J connectivity index is 1.25. The third-order valence-corrected chi connectivity index (χ3v) is 8.73. The number of hydrogen-bond acceptors (Lipinski definition) is 6. The van der Waals surface area contributed by atoms with E-state index in [1.165, 1.54) is 24.1 Å². The van der Waals surface area contributed by atoms with Crippen molar-refractivity contribution < 1.29 is 0 Å². The number of benzene rings is 1. The van der Waals surface area contributed by atoms with Crippen LogP contribution in [0.3, 0.4) is 0 Å². The number of piperidine rings is 1. The normalized spacial score (nSPS) is 16.3. The van der Waals surface area contributed by atoms with E-state index in [4.69, 9.17) is 4.98 Å². The van der Waals surface area contributed by atoms with Crippen molar-refractivity contribution in [1.29, 1.82) is 0 Å². The predicted octanol–water partition coefficient (Wildman–Crippen LogP) is 5.62. The van der Waals surface area contributed by atoms with E-state index >= 15 is 0 Å². The van der Waals surface area contributed by atoms with Gasteiger partial charge in [-0.25, -0.2) is 9.97 Å². The minimum atomic E-state index is -0.128. The maximum Gasteiger partial charge on any atom is 0.263 e. The standard InChI is InChI=1S/C33H36N8O/c1-38-17-13-24(14-18-38)23-9-11-26(12-10-23)36-33-35-21-25-20-29(31-34-15-19-39(31)2)32(42)41(30(25)37-33)22-28-8-5-16-40(28)27-6-3-4-7-27/h5-6,8-12,15-16,19-21,24H,3-4,7,13-14,17-18,22H2,1-2H3,(H,35,36,37). The van der Waals surface area contributed by atoms with Gasteiger partial charge in [0.25, 0.3) is 5.56 Å². The predicted molar refractivity (Wildman–Crippen MR) is 167 cm³/mol. The van der Waals surface area contributed by atoms with Crippen LogP contribution in [0.4, 0.5) is 11.6 Å². The molecule has 1 aromatic carbocycles. The van der Waals surface area contributed by atoms with Gasteiger partial charge in [-0.2, -0.15) is 4.98 Å². The van der Waals surface area contributed by atoms with Crippen LogP contribution in [0.5, 0.6) is 0 Å². The van der Waals surface area contributed by atoms with Gasteiger partial charge in [0.05, 0.1) is 12.1 Å². The molecule has 0 saturated carbocycles. The van der Waals surface area contributed by atoms with Crippen LogP contribution in [0.1, 0.15) is 49.3 Å². The average molecular weight is 561 g/mol. The number of allylic oxidation sites excluding steroid dienone is 2. The van der Waals surface area contributed by atoms with E-state index in [0.717, 1.165) is 49.1 Å². The summed E-state index contributed by atoms with van der Waals surface area (Å²) in [5.41, 5.74) is 5.62. The van der Waals surface area contributed by atoms with Crippen LogP contribution in [0, 0.1) is 0 Å². The fourth-order valence-corrected chi connectivity index (χ4v) is 6.32. The quantitative estimate of drug-likeness (QED) is 0.278. The highest BCUT2D eigenvalue weighted by atomic mass is 16.1. The highest BCUT2D eigenvalue weighted by Gasteiger charge is 2.20. The van der Waals surface area contributed by atoms with Crippen molar-refractivity contribution in [3.8, 4) is 11.4 Å². The molecule has 4 aromatic heterocycles. The Morgan fingerprint density at radius 2 is 1.86 bits per heavy atom. The van der Waals surface area contributed by atoms with Crippen LogP contribution in [-0.2, 0) is 13.6 Å². The van der Waals surface area contributed by atoms with Crippen LogP contribution in [0.15, 0.2) is 78.1 Å². The summed E-state index contributed by atoms with van der Waals surface area (Å²) in [6, 6.07) is 14.6. The molecule has 1 N–H and O–H groups in total. The summed E-state index contributed by atoms with van der Waals surface area (Å²) in [5.74, 6) is 1.69. The molecule has 0 radical (unpaired) electrons. The molecule has 5 aromatic rings. The fraction of sp³-hybridized carbons (Fsp3) is 0.333. The molecule has 9 heteroatoms. The molecule has 1 saturated heterocycles. The van der Waals surface area contributed by atoms with Crippen molar-refractivity contribution in [3.05, 3.63) is 94.9 Å². The van der Waals surface area contributed by atoms with E-state index in [-0.39, 0.29) is 5.56 Å². The van der Waals surface area contributed by atoms with Crippen molar-refractivity contribution in [2.75, 3.05) is 25.5 Å². The van der Waals surface area contributed by atoms with Gasteiger partial charge in [-0.3, -0.25) is 9.36 Å². The van der Waals surface area contributed by atoms with E-state index in [1.807, 2.05) is 29.9 Å². The number of hydrogen-bond donors (Lipinski definition) is 1. The zero-order chi connectivity index (χ0) is 28.6. The van der Waals surface area contributed by atoms with Gasteiger partial charge in [0, 0.05) is 54.3 Å². The van der Waals surface area contributed by atoms with Crippen molar-refractivity contribution in [1.82, 2.24) is 33.6 Å². The van der Waals surface area contributed by atoms with E-state index in [1.54, 1.807) is 17.0 Å². The highest BCUT2D eigenvalue weighted by Crippen LogP contribution is 2.29. The molecule has 0 spiro atoms. The maximum atomic E-state index is 14.1. The number of likely N-dealkylation sites (tertiary alicyclic amines) is 1. The molecule has 1 fully saturated rings. The molecule has 1 aliphatic carbocycles. The summed E-state index contributed by atoms with van der Waals surface area (Å²) in [4.78, 5) is 30.5. The summed E-state index contributed by atoms with van der Waals surface area (Å²) in [5, 5.41) is 4.16. The summed E-state index contributed by atoms with van der Waals surface area (Å²) in [7, 11) is 4.09. The Labute approximate surface area is 245 Å². The SMILES string of the molecule is CN1CCC(c2ccc(Nc3ncc4cc(-c5nccn5C)c(=O)n(Cc5cccn5C5=CCCC5)c4n3)cc2)CC1. The van der Waals surface area contributed by atoms with E-state index in [0.29, 0.717) is 35.4 Å². The van der Waals surface area contributed by atoms with E-state index < -0.39 is 0 Å². The van der Waals surface area contributed by atoms with Crippen LogP contribution in [-0.4, -0.2) is 53.7 Å². The zero-order valence-electron chi connectivity index (χ0n) is 24.2. The first-order valence-corrected chi connectivity index (χ1v) is 14.8. The molecule has 5 heterocycles. The van der Waals surface area contributed by atoms with Gasteiger partial charge in [0.1, 0.15) is 11.5 Å². The number of nitrogens with zero attached hydrogens (tertiary/aromatic N) is 7. The van der Waals surface area contributed by atoms with Crippen LogP contribution < -0.4 is 10.9 Å². The fourth-order valence-electron chi connectivity index (χ4n) is 6.32. The van der Waals surface area contributed by atoms with Crippen molar-refractivity contribution in [3.63, 3.8) is 0 Å². The number of aryl methyl sites for hydroxylation is 1. The first-order chi connectivity index (χ1) is 20.5. The largest absolute Gasteiger partial charge is 0.334 e. The van der Waals surface area contributed by atoms with E-state index in [9.17, 15) is 4.79 Å². The van der Waals surface area contributed by atoms with Gasteiger partial charge in [0.2, 0.25) is 5.95 Å². The summed E-state index contributed by atoms with van der Waals surface area (Å²) in [6.45, 7) is 2.67. The lowest BCUT2D eigenvalue weighted by Crippen LogP contribution is -2.29. The summed E-state index contributed by atoms with van der Waals surface area (Å²) < 4.78 is 5.84. The molecule has 9 nitrogen and oxygen atoms in total. The molecular formula is C33H36N8O. The van der Waals surface area contributed by atoms with Crippen molar-refractivity contribution in [2.24, 2.45) is 7.05 Å². The number of rotatable bonds is 7. The lowest BCUT2D eigenvalue weighted by molar-refractivity contribution is 0.255. The second-order valence-corrected chi connectivity index (χ2v) is 11.6. The second kappa shape index (κ2) is 11.1. The molecule has 0 bridgehead atoms. The van der Waals surface area contributed by atoms with Crippen molar-refractivity contribution >= 4 is 28.4 Å². The monoisotopic (exact) mass is 560 g/mol. The van der Waals surface area contributed by atoms with Crippen LogP contribution in [0.25, 0.3) is 28.1 Å². The molecular weight excluding hydrogens is 524 g/mol. The third kappa shape index (κ3) is 5.05. The average Bonchev–Trinajstić information content (AvgIpc) is 3.78. The van der Waals surface area contributed by atoms with Gasteiger partial charge >= 0.3 is 0 Å². The van der Waals surface area contributed by atoms with Gasteiger partial charge in [0.15, 0.2) is 0 Å². The first-order valence-electron chi connectivity index (χ1n) is 14.8. The number of aromatic nitrogens is 6. The number of pyridine rings is 1. The molecule has 0 atom stereocenters. The Morgan fingerprint density at radius 3 is 2.60 bits per heavy atom. The molecule has 42 heavy (non-hydrogen) atoms. The molecule has 214 valence electrons. The third-order valence-electron chi connectivity index (χ3n) is 8.73. The van der Waals surface area contributed by atoms with Gasteiger partial charge < -0.3 is 19.4 Å². The topological polar surface area (TPSA) is 85.8 Å². The van der Waals surface area contributed by atoms with Crippen LogP contribution in [0.2, 0.25) is 0 Å². The minimum Gasteiger partial charge on any atom is -0.334 e. The van der Waals surface area contributed by atoms with E-state index in [2.05, 4.69) is 74.4 Å². The highest BCUT2D eigenvalue weighted by molar-refractivity contribution is 5.80. The molecule has 0 amide bonds. The van der Waals surface area contributed by atoms with Gasteiger partial charge in [-0.05, 0) is 94.1 Å². The van der Waals surface area contributed by atoms with Crippen LogP contribution >= 0.6 is 0 Å². The Morgan fingerprint density at radius 1 is 1.02 bits per heavy atom. The smallest absolute Gasteiger partial charge is 0.263 e. The number of imidazole rings is 1. The summed E-state index contributed by atoms with van der Waals surface area (Å²) in [6.07, 6.45) is 15.4. The first kappa shape index (κ1) is 26.4. The molecule has 1 aliphatic heterocycles. The number of nitrogens with one attached hydrogen (secondary N) is 1. The number of anilines is 2. The molecule has 2 aliphatic rings. The minimum absolute atomic E-state index is 0.128. The Bertz CT molecular complexity index is 1820. The molecule has 0 unspecified atom stereocenters. The lowest BCUT2D eigenvalue weighted by Gasteiger charge is -2.29. The summed E-state index contributed by atoms with van der Waals surface area (Å²) >= 11 is 0. The van der Waals surface area contributed by atoms with Gasteiger partial charge in [-0.1, -0.05) is 18.2 Å².